The Kier molecular flexibility index (Phi) is 7.23. The molecule has 0 amide bonds. The molecule has 0 radical (unpaired) electrons. The molecule has 0 aromatic carbocycles. The van der Waals surface area contributed by atoms with Crippen molar-refractivity contribution in [3.63, 3.8) is 0 Å². The zero-order chi connectivity index (χ0) is 8.53. The first-order chi connectivity index (χ1) is 5.35. The molecule has 64 valence electrons. The third-order valence-corrected chi connectivity index (χ3v) is 1.85. The van der Waals surface area contributed by atoms with Crippen molar-refractivity contribution in [3.05, 3.63) is 24.3 Å². The smallest absolute Gasteiger partial charge is 0.0286 e. The van der Waals surface area contributed by atoms with Gasteiger partial charge in [-0.3, -0.25) is 0 Å². The first-order valence-corrected chi connectivity index (χ1v) is 4.63. The van der Waals surface area contributed by atoms with Gasteiger partial charge in [0.25, 0.3) is 0 Å². The standard InChI is InChI=1S/C11H20/c1-4-7-9-11(6-3)10-8-5-2/h4,10H,1,5-9H2,2-3H3/b11-10+. The number of hydrogen-bond acceptors (Lipinski definition) is 0. The van der Waals surface area contributed by atoms with Gasteiger partial charge >= 0.3 is 0 Å². The van der Waals surface area contributed by atoms with Gasteiger partial charge in [0.2, 0.25) is 0 Å². The van der Waals surface area contributed by atoms with E-state index in [0.717, 1.165) is 6.42 Å². The lowest BCUT2D eigenvalue weighted by molar-refractivity contribution is 0.870. The minimum atomic E-state index is 1.13. The molecule has 0 aliphatic heterocycles. The average Bonchev–Trinajstić information content (AvgIpc) is 2.05. The molecule has 0 aromatic heterocycles. The molecule has 0 heteroatoms. The normalized spacial score (nSPS) is 11.6. The van der Waals surface area contributed by atoms with Gasteiger partial charge in [-0.05, 0) is 25.7 Å². The van der Waals surface area contributed by atoms with Crippen LogP contribution >= 0.6 is 0 Å². The summed E-state index contributed by atoms with van der Waals surface area (Å²) in [6.07, 6.45) is 10.4. The third-order valence-electron chi connectivity index (χ3n) is 1.85. The highest BCUT2D eigenvalue weighted by Gasteiger charge is 1.90. The van der Waals surface area contributed by atoms with Crippen molar-refractivity contribution >= 4 is 0 Å². The van der Waals surface area contributed by atoms with Crippen molar-refractivity contribution in [2.24, 2.45) is 0 Å². The summed E-state index contributed by atoms with van der Waals surface area (Å²) in [5.41, 5.74) is 1.59. The van der Waals surface area contributed by atoms with E-state index in [4.69, 9.17) is 0 Å². The van der Waals surface area contributed by atoms with Gasteiger partial charge in [-0.2, -0.15) is 0 Å². The lowest BCUT2D eigenvalue weighted by Crippen LogP contribution is -1.80. The molecule has 0 rings (SSSR count). The minimum Gasteiger partial charge on any atom is -0.103 e. The molecule has 0 N–H and O–H groups in total. The molecule has 0 heterocycles. The second kappa shape index (κ2) is 7.59. The van der Waals surface area contributed by atoms with Gasteiger partial charge < -0.3 is 0 Å². The summed E-state index contributed by atoms with van der Waals surface area (Å²) in [6, 6.07) is 0. The van der Waals surface area contributed by atoms with Crippen LogP contribution in [0.2, 0.25) is 0 Å². The van der Waals surface area contributed by atoms with Crippen molar-refractivity contribution in [3.8, 4) is 0 Å². The molecular weight excluding hydrogens is 132 g/mol. The SMILES string of the molecule is C=CCC/C(=C/CCC)CC. The van der Waals surface area contributed by atoms with Crippen LogP contribution < -0.4 is 0 Å². The molecule has 0 aliphatic carbocycles. The summed E-state index contributed by atoms with van der Waals surface area (Å²) in [4.78, 5) is 0. The van der Waals surface area contributed by atoms with Crippen molar-refractivity contribution in [1.82, 2.24) is 0 Å². The summed E-state index contributed by atoms with van der Waals surface area (Å²) in [5.74, 6) is 0. The minimum absolute atomic E-state index is 1.13. The highest BCUT2D eigenvalue weighted by atomic mass is 14.0. The second-order valence-corrected chi connectivity index (χ2v) is 2.83. The highest BCUT2D eigenvalue weighted by Crippen LogP contribution is 2.11. The third kappa shape index (κ3) is 5.90. The highest BCUT2D eigenvalue weighted by molar-refractivity contribution is 5.01. The van der Waals surface area contributed by atoms with Gasteiger partial charge in [-0.15, -0.1) is 6.58 Å². The predicted octanol–water partition coefficient (Wildman–Crippen LogP) is 4.09. The fourth-order valence-electron chi connectivity index (χ4n) is 1.06. The van der Waals surface area contributed by atoms with Gasteiger partial charge in [-0.1, -0.05) is 38.0 Å². The molecule has 0 atom stereocenters. The van der Waals surface area contributed by atoms with Crippen molar-refractivity contribution in [2.45, 2.75) is 46.0 Å². The predicted molar refractivity (Wildman–Crippen MR) is 52.7 cm³/mol. The van der Waals surface area contributed by atoms with E-state index in [-0.39, 0.29) is 0 Å². The Morgan fingerprint density at radius 2 is 2.00 bits per heavy atom. The largest absolute Gasteiger partial charge is 0.103 e. The average molecular weight is 152 g/mol. The van der Waals surface area contributed by atoms with Crippen LogP contribution in [0.25, 0.3) is 0 Å². The van der Waals surface area contributed by atoms with E-state index < -0.39 is 0 Å². The van der Waals surface area contributed by atoms with E-state index in [9.17, 15) is 0 Å². The molecule has 0 saturated heterocycles. The number of unbranched alkanes of at least 4 members (excludes halogenated alkanes) is 1. The van der Waals surface area contributed by atoms with Crippen LogP contribution in [-0.2, 0) is 0 Å². The summed E-state index contributed by atoms with van der Waals surface area (Å²) in [7, 11) is 0. The fourth-order valence-corrected chi connectivity index (χ4v) is 1.06. The van der Waals surface area contributed by atoms with Gasteiger partial charge in [0.1, 0.15) is 0 Å². The van der Waals surface area contributed by atoms with Crippen LogP contribution in [0.1, 0.15) is 46.0 Å². The molecule has 0 saturated carbocycles. The molecule has 0 spiro atoms. The van der Waals surface area contributed by atoms with E-state index in [1.807, 2.05) is 6.08 Å². The Bertz CT molecular complexity index is 120. The number of hydrogen-bond donors (Lipinski definition) is 0. The van der Waals surface area contributed by atoms with Crippen LogP contribution in [0, 0.1) is 0 Å². The monoisotopic (exact) mass is 152 g/mol. The lowest BCUT2D eigenvalue weighted by atomic mass is 10.1. The van der Waals surface area contributed by atoms with Crippen LogP contribution in [0.5, 0.6) is 0 Å². The molecule has 0 fully saturated rings. The topological polar surface area (TPSA) is 0 Å². The number of rotatable bonds is 6. The van der Waals surface area contributed by atoms with E-state index in [1.165, 1.54) is 25.7 Å². The van der Waals surface area contributed by atoms with Gasteiger partial charge in [0.05, 0.1) is 0 Å². The van der Waals surface area contributed by atoms with E-state index in [2.05, 4.69) is 26.5 Å². The molecule has 0 nitrogen and oxygen atoms in total. The maximum atomic E-state index is 3.72. The lowest BCUT2D eigenvalue weighted by Gasteiger charge is -2.00. The maximum absolute atomic E-state index is 3.72. The Hall–Kier alpha value is -0.520. The van der Waals surface area contributed by atoms with Gasteiger partial charge in [0.15, 0.2) is 0 Å². The number of allylic oxidation sites excluding steroid dienone is 3. The van der Waals surface area contributed by atoms with Crippen molar-refractivity contribution in [1.29, 1.82) is 0 Å². The van der Waals surface area contributed by atoms with Crippen LogP contribution in [0.4, 0.5) is 0 Å². The first-order valence-electron chi connectivity index (χ1n) is 4.63. The first kappa shape index (κ1) is 10.5. The van der Waals surface area contributed by atoms with Gasteiger partial charge in [-0.25, -0.2) is 0 Å². The second-order valence-electron chi connectivity index (χ2n) is 2.83. The van der Waals surface area contributed by atoms with Crippen LogP contribution in [-0.4, -0.2) is 0 Å². The van der Waals surface area contributed by atoms with Crippen molar-refractivity contribution < 1.29 is 0 Å². The summed E-state index contributed by atoms with van der Waals surface area (Å²) in [5, 5.41) is 0. The van der Waals surface area contributed by atoms with Crippen LogP contribution in [0.15, 0.2) is 24.3 Å². The summed E-state index contributed by atoms with van der Waals surface area (Å²) in [6.45, 7) is 8.17. The maximum Gasteiger partial charge on any atom is -0.0286 e. The fraction of sp³-hybridized carbons (Fsp3) is 0.636. The van der Waals surface area contributed by atoms with E-state index in [0.29, 0.717) is 0 Å². The summed E-state index contributed by atoms with van der Waals surface area (Å²) < 4.78 is 0. The Labute approximate surface area is 71.0 Å². The summed E-state index contributed by atoms with van der Waals surface area (Å²) >= 11 is 0. The Balaban J connectivity index is 3.63. The molecule has 0 aliphatic rings. The van der Waals surface area contributed by atoms with E-state index >= 15 is 0 Å². The molecule has 0 bridgehead atoms. The molecule has 11 heavy (non-hydrogen) atoms. The molecule has 0 aromatic rings. The molecule has 0 unspecified atom stereocenters. The van der Waals surface area contributed by atoms with Gasteiger partial charge in [0, 0.05) is 0 Å². The zero-order valence-corrected chi connectivity index (χ0v) is 7.90. The quantitative estimate of drug-likeness (QED) is 0.503. The van der Waals surface area contributed by atoms with Crippen LogP contribution in [0.3, 0.4) is 0 Å². The molecular formula is C11H20. The Morgan fingerprint density at radius 1 is 1.27 bits per heavy atom. The van der Waals surface area contributed by atoms with Crippen molar-refractivity contribution in [2.75, 3.05) is 0 Å². The Morgan fingerprint density at radius 3 is 2.45 bits per heavy atom. The zero-order valence-electron chi connectivity index (χ0n) is 7.90. The van der Waals surface area contributed by atoms with E-state index in [1.54, 1.807) is 5.57 Å².